The zero-order valence-electron chi connectivity index (χ0n) is 17.6. The van der Waals surface area contributed by atoms with Crippen LogP contribution in [0, 0.1) is 11.7 Å². The Morgan fingerprint density at radius 2 is 1.81 bits per heavy atom. The number of likely N-dealkylation sites (tertiary alicyclic amines) is 2. The van der Waals surface area contributed by atoms with E-state index >= 15 is 0 Å². The Balaban J connectivity index is 1.23. The largest absolute Gasteiger partial charge is 0.342 e. The molecule has 4 nitrogen and oxygen atoms in total. The molecule has 0 saturated carbocycles. The Morgan fingerprint density at radius 1 is 1.06 bits per heavy atom. The van der Waals surface area contributed by atoms with E-state index in [0.717, 1.165) is 25.9 Å². The van der Waals surface area contributed by atoms with Crippen molar-refractivity contribution >= 4 is 17.9 Å². The van der Waals surface area contributed by atoms with Gasteiger partial charge in [-0.25, -0.2) is 4.39 Å². The lowest BCUT2D eigenvalue weighted by atomic mass is 9.74. The zero-order valence-corrected chi connectivity index (χ0v) is 17.6. The number of carbonyl (C=O) groups excluding carboxylic acids is 2. The Morgan fingerprint density at radius 3 is 2.61 bits per heavy atom. The Hall–Kier alpha value is -2.95. The number of amides is 2. The van der Waals surface area contributed by atoms with Crippen molar-refractivity contribution in [3.8, 4) is 0 Å². The van der Waals surface area contributed by atoms with E-state index in [9.17, 15) is 14.0 Å². The monoisotopic (exact) mass is 418 g/mol. The summed E-state index contributed by atoms with van der Waals surface area (Å²) in [4.78, 5) is 29.3. The highest BCUT2D eigenvalue weighted by molar-refractivity contribution is 5.84. The van der Waals surface area contributed by atoms with E-state index in [1.54, 1.807) is 23.1 Å². The Kier molecular flexibility index (Phi) is 5.12. The third-order valence-corrected chi connectivity index (χ3v) is 7.21. The summed E-state index contributed by atoms with van der Waals surface area (Å²) in [6.07, 6.45) is 7.30. The fraction of sp³-hybridized carbons (Fsp3) is 0.385. The fourth-order valence-electron chi connectivity index (χ4n) is 5.36. The van der Waals surface area contributed by atoms with Crippen LogP contribution in [0.1, 0.15) is 42.4 Å². The molecule has 160 valence electrons. The molecule has 0 radical (unpaired) electrons. The normalized spacial score (nSPS) is 22.1. The summed E-state index contributed by atoms with van der Waals surface area (Å²) in [7, 11) is 0. The summed E-state index contributed by atoms with van der Waals surface area (Å²) in [5.41, 5.74) is 3.21. The first-order valence-electron chi connectivity index (χ1n) is 11.1. The first kappa shape index (κ1) is 20.0. The summed E-state index contributed by atoms with van der Waals surface area (Å²) in [6, 6.07) is 15.0. The van der Waals surface area contributed by atoms with E-state index in [2.05, 4.69) is 36.4 Å². The molecular formula is C26H27FN2O2. The number of nitrogens with zero attached hydrogens (tertiary/aromatic N) is 2. The molecule has 2 saturated heterocycles. The maximum Gasteiger partial charge on any atom is 0.227 e. The van der Waals surface area contributed by atoms with Gasteiger partial charge in [0.05, 0.1) is 5.92 Å². The van der Waals surface area contributed by atoms with Crippen molar-refractivity contribution in [3.63, 3.8) is 0 Å². The van der Waals surface area contributed by atoms with Crippen LogP contribution in [0.3, 0.4) is 0 Å². The van der Waals surface area contributed by atoms with Crippen molar-refractivity contribution in [2.45, 2.75) is 37.6 Å². The number of hydrogen-bond donors (Lipinski definition) is 0. The fourth-order valence-corrected chi connectivity index (χ4v) is 5.36. The minimum Gasteiger partial charge on any atom is -0.342 e. The maximum absolute atomic E-state index is 14.1. The maximum atomic E-state index is 14.1. The van der Waals surface area contributed by atoms with Gasteiger partial charge in [-0.15, -0.1) is 0 Å². The second-order valence-corrected chi connectivity index (χ2v) is 9.00. The second kappa shape index (κ2) is 7.95. The second-order valence-electron chi connectivity index (χ2n) is 9.00. The number of allylic oxidation sites excluding steroid dienone is 1. The molecule has 2 amide bonds. The van der Waals surface area contributed by atoms with Gasteiger partial charge in [0.25, 0.3) is 0 Å². The number of carbonyl (C=O) groups is 2. The van der Waals surface area contributed by atoms with Gasteiger partial charge in [-0.1, -0.05) is 54.6 Å². The number of halogens is 1. The molecule has 5 heteroatoms. The lowest BCUT2D eigenvalue weighted by Crippen LogP contribution is -2.50. The highest BCUT2D eigenvalue weighted by Gasteiger charge is 2.41. The quantitative estimate of drug-likeness (QED) is 0.751. The van der Waals surface area contributed by atoms with E-state index < -0.39 is 0 Å². The van der Waals surface area contributed by atoms with Gasteiger partial charge in [-0.05, 0) is 36.5 Å². The Labute approximate surface area is 182 Å². The molecule has 2 aromatic rings. The van der Waals surface area contributed by atoms with Crippen LogP contribution in [0.15, 0.2) is 54.6 Å². The van der Waals surface area contributed by atoms with Gasteiger partial charge < -0.3 is 9.80 Å². The van der Waals surface area contributed by atoms with Gasteiger partial charge in [-0.3, -0.25) is 9.59 Å². The zero-order chi connectivity index (χ0) is 21.4. The predicted octanol–water partition coefficient (Wildman–Crippen LogP) is 4.15. The standard InChI is InChI=1S/C26H27FN2O2/c27-23-8-4-2-6-20(23)17-29-18-21(9-10-24(29)30)25(31)28-15-13-26(14-16-28)12-11-19-5-1-3-7-22(19)26/h1-8,11-12,21H,9-10,13-18H2/t21-/m1/s1. The van der Waals surface area contributed by atoms with Crippen LogP contribution < -0.4 is 0 Å². The summed E-state index contributed by atoms with van der Waals surface area (Å²) in [6.45, 7) is 2.06. The summed E-state index contributed by atoms with van der Waals surface area (Å²) >= 11 is 0. The van der Waals surface area contributed by atoms with E-state index in [1.165, 1.54) is 17.2 Å². The predicted molar refractivity (Wildman–Crippen MR) is 118 cm³/mol. The summed E-state index contributed by atoms with van der Waals surface area (Å²) in [5.74, 6) is -0.381. The van der Waals surface area contributed by atoms with Gasteiger partial charge in [0, 0.05) is 43.6 Å². The number of benzene rings is 2. The third kappa shape index (κ3) is 3.67. The number of piperidine rings is 2. The number of rotatable bonds is 3. The van der Waals surface area contributed by atoms with Gasteiger partial charge in [0.1, 0.15) is 5.82 Å². The van der Waals surface area contributed by atoms with Crippen molar-refractivity contribution in [2.75, 3.05) is 19.6 Å². The van der Waals surface area contributed by atoms with Crippen molar-refractivity contribution in [2.24, 2.45) is 5.92 Å². The first-order valence-corrected chi connectivity index (χ1v) is 11.1. The van der Waals surface area contributed by atoms with Crippen molar-refractivity contribution in [1.29, 1.82) is 0 Å². The number of hydrogen-bond acceptors (Lipinski definition) is 2. The van der Waals surface area contributed by atoms with Gasteiger partial charge in [0.2, 0.25) is 11.8 Å². The van der Waals surface area contributed by atoms with Gasteiger partial charge in [0.15, 0.2) is 0 Å². The van der Waals surface area contributed by atoms with Crippen LogP contribution in [0.4, 0.5) is 4.39 Å². The minimum atomic E-state index is -0.310. The van der Waals surface area contributed by atoms with Crippen LogP contribution in [-0.4, -0.2) is 41.2 Å². The van der Waals surface area contributed by atoms with E-state index in [1.807, 2.05) is 4.90 Å². The molecule has 1 aliphatic carbocycles. The third-order valence-electron chi connectivity index (χ3n) is 7.21. The van der Waals surface area contributed by atoms with Crippen LogP contribution in [0.25, 0.3) is 6.08 Å². The molecule has 2 heterocycles. The summed E-state index contributed by atoms with van der Waals surface area (Å²) < 4.78 is 14.1. The lowest BCUT2D eigenvalue weighted by Gasteiger charge is -2.41. The van der Waals surface area contributed by atoms with Crippen LogP contribution in [0.2, 0.25) is 0 Å². The molecular weight excluding hydrogens is 391 g/mol. The van der Waals surface area contributed by atoms with E-state index in [4.69, 9.17) is 0 Å². The molecule has 0 unspecified atom stereocenters. The van der Waals surface area contributed by atoms with Crippen molar-refractivity contribution in [3.05, 3.63) is 77.1 Å². The van der Waals surface area contributed by atoms with Gasteiger partial charge in [-0.2, -0.15) is 0 Å². The van der Waals surface area contributed by atoms with Crippen LogP contribution in [0.5, 0.6) is 0 Å². The van der Waals surface area contributed by atoms with Crippen molar-refractivity contribution in [1.82, 2.24) is 9.80 Å². The molecule has 31 heavy (non-hydrogen) atoms. The van der Waals surface area contributed by atoms with Crippen LogP contribution >= 0.6 is 0 Å². The molecule has 2 fully saturated rings. The first-order chi connectivity index (χ1) is 15.1. The average Bonchev–Trinajstić information content (AvgIpc) is 3.15. The Bertz CT molecular complexity index is 1040. The molecule has 0 bridgehead atoms. The summed E-state index contributed by atoms with van der Waals surface area (Å²) in [5, 5.41) is 0. The molecule has 3 aliphatic rings. The molecule has 2 aliphatic heterocycles. The molecule has 1 spiro atoms. The molecule has 5 rings (SSSR count). The highest BCUT2D eigenvalue weighted by Crippen LogP contribution is 2.43. The molecule has 1 atom stereocenters. The van der Waals surface area contributed by atoms with E-state index in [0.29, 0.717) is 24.9 Å². The molecule has 0 aromatic heterocycles. The topological polar surface area (TPSA) is 40.6 Å². The molecule has 2 aromatic carbocycles. The minimum absolute atomic E-state index is 0.00222. The smallest absolute Gasteiger partial charge is 0.227 e. The number of fused-ring (bicyclic) bond motifs is 2. The lowest BCUT2D eigenvalue weighted by molar-refractivity contribution is -0.144. The van der Waals surface area contributed by atoms with Crippen LogP contribution in [-0.2, 0) is 21.5 Å². The highest BCUT2D eigenvalue weighted by atomic mass is 19.1. The van der Waals surface area contributed by atoms with E-state index in [-0.39, 0.29) is 35.5 Å². The molecule has 0 N–H and O–H groups in total. The van der Waals surface area contributed by atoms with Gasteiger partial charge >= 0.3 is 0 Å². The van der Waals surface area contributed by atoms with Crippen molar-refractivity contribution < 1.29 is 14.0 Å². The average molecular weight is 419 g/mol. The SMILES string of the molecule is O=C1CC[C@@H](C(=O)N2CCC3(C=Cc4ccccc43)CC2)CN1Cc1ccccc1F.